The van der Waals surface area contributed by atoms with E-state index < -0.39 is 29.9 Å². The number of fused-ring (bicyclic) bond motifs is 10. The van der Waals surface area contributed by atoms with Crippen molar-refractivity contribution in [2.24, 2.45) is 0 Å². The quantitative estimate of drug-likeness (QED) is 0.425. The van der Waals surface area contributed by atoms with Crippen LogP contribution in [-0.4, -0.2) is 82.3 Å². The predicted molar refractivity (Wildman–Crippen MR) is 160 cm³/mol. The second kappa shape index (κ2) is 9.60. The predicted octanol–water partition coefficient (Wildman–Crippen LogP) is 3.52. The van der Waals surface area contributed by atoms with Gasteiger partial charge in [0.15, 0.2) is 23.0 Å². The van der Waals surface area contributed by atoms with Crippen molar-refractivity contribution in [1.82, 2.24) is 14.7 Å². The summed E-state index contributed by atoms with van der Waals surface area (Å²) < 4.78 is 17.4. The van der Waals surface area contributed by atoms with Crippen LogP contribution in [-0.2, 0) is 12.8 Å². The van der Waals surface area contributed by atoms with E-state index in [0.29, 0.717) is 57.9 Å². The minimum absolute atomic E-state index is 0.0364. The molecule has 5 heterocycles. The van der Waals surface area contributed by atoms with E-state index in [1.54, 1.807) is 31.2 Å². The van der Waals surface area contributed by atoms with Gasteiger partial charge in [0.05, 0.1) is 36.4 Å². The number of aromatic hydroxyl groups is 2. The number of imide groups is 1. The van der Waals surface area contributed by atoms with Gasteiger partial charge in [0.1, 0.15) is 11.8 Å². The number of hydrogen-bond donors (Lipinski definition) is 2. The third kappa shape index (κ3) is 3.52. The number of rotatable bonds is 3. The average molecular weight is 609 g/mol. The summed E-state index contributed by atoms with van der Waals surface area (Å²) >= 11 is 0. The van der Waals surface area contributed by atoms with Crippen LogP contribution in [0.3, 0.4) is 0 Å². The number of phenolic OH excluding ortho intramolecular Hbond substituents is 2. The molecule has 11 nitrogen and oxygen atoms in total. The second-order valence-corrected chi connectivity index (χ2v) is 12.5. The molecule has 0 spiro atoms. The lowest BCUT2D eigenvalue weighted by Gasteiger charge is -2.60. The van der Waals surface area contributed by atoms with Gasteiger partial charge < -0.3 is 24.4 Å². The van der Waals surface area contributed by atoms with Gasteiger partial charge in [-0.15, -0.1) is 0 Å². The molecule has 5 atom stereocenters. The van der Waals surface area contributed by atoms with Gasteiger partial charge in [-0.1, -0.05) is 18.2 Å². The molecule has 3 unspecified atom stereocenters. The van der Waals surface area contributed by atoms with Crippen LogP contribution in [0.1, 0.15) is 66.2 Å². The van der Waals surface area contributed by atoms with Crippen LogP contribution in [0.2, 0.25) is 0 Å². The largest absolute Gasteiger partial charge is 0.507 e. The molecule has 3 aromatic carbocycles. The van der Waals surface area contributed by atoms with Crippen LogP contribution < -0.4 is 14.2 Å². The summed E-state index contributed by atoms with van der Waals surface area (Å²) in [6, 6.07) is 8.91. The van der Waals surface area contributed by atoms with Gasteiger partial charge in [-0.2, -0.15) is 5.26 Å². The number of phenols is 2. The fourth-order valence-electron chi connectivity index (χ4n) is 8.60. The third-order valence-electron chi connectivity index (χ3n) is 10.5. The molecular weight excluding hydrogens is 576 g/mol. The number of hydrogen-bond acceptors (Lipinski definition) is 10. The SMILES string of the molecule is COc1c(C)cc2c(c1O)[C@@H]1C3Cc4c(O)c(C)c5c(c4C(CN4C(=O)c6ccccc6C4=O)N3C(C#N)[C@H](C2)N1C)OCO5. The van der Waals surface area contributed by atoms with Crippen molar-refractivity contribution in [2.75, 3.05) is 27.5 Å². The molecule has 0 aromatic heterocycles. The number of nitrogens with zero attached hydrogens (tertiary/aromatic N) is 4. The minimum Gasteiger partial charge on any atom is -0.507 e. The summed E-state index contributed by atoms with van der Waals surface area (Å²) in [5, 5.41) is 34.1. The molecule has 0 saturated carbocycles. The number of likely N-dealkylation sites (N-methyl/N-ethyl adjacent to an activating group) is 1. The summed E-state index contributed by atoms with van der Waals surface area (Å²) in [6.45, 7) is 3.56. The first kappa shape index (κ1) is 27.7. The molecule has 2 N–H and O–H groups in total. The molecule has 8 rings (SSSR count). The molecule has 11 heteroatoms. The first-order chi connectivity index (χ1) is 21.7. The lowest BCUT2D eigenvalue weighted by Crippen LogP contribution is -2.68. The van der Waals surface area contributed by atoms with Crippen molar-refractivity contribution in [3.63, 3.8) is 0 Å². The number of carbonyl (C=O) groups excluding carboxylic acids is 2. The topological polar surface area (TPSA) is 136 Å². The molecule has 0 radical (unpaired) electrons. The fourth-order valence-corrected chi connectivity index (χ4v) is 8.60. The van der Waals surface area contributed by atoms with E-state index in [1.807, 2.05) is 20.0 Å². The lowest BCUT2D eigenvalue weighted by atomic mass is 9.71. The summed E-state index contributed by atoms with van der Waals surface area (Å²) in [4.78, 5) is 32.8. The smallest absolute Gasteiger partial charge is 0.261 e. The molecule has 230 valence electrons. The lowest BCUT2D eigenvalue weighted by molar-refractivity contribution is -0.0758. The third-order valence-corrected chi connectivity index (χ3v) is 10.5. The molecule has 45 heavy (non-hydrogen) atoms. The Hall–Kier alpha value is -4.79. The van der Waals surface area contributed by atoms with Gasteiger partial charge in [-0.05, 0) is 57.0 Å². The van der Waals surface area contributed by atoms with Gasteiger partial charge >= 0.3 is 0 Å². The van der Waals surface area contributed by atoms with E-state index in [2.05, 4.69) is 15.9 Å². The Labute approximate surface area is 259 Å². The van der Waals surface area contributed by atoms with E-state index in [-0.39, 0.29) is 36.9 Å². The normalized spacial score (nSPS) is 26.2. The van der Waals surface area contributed by atoms with Crippen molar-refractivity contribution in [3.05, 3.63) is 74.8 Å². The Morgan fingerprint density at radius 3 is 2.36 bits per heavy atom. The zero-order chi connectivity index (χ0) is 31.5. The number of methoxy groups -OCH3 is 1. The number of nitriles is 1. The molecule has 5 aliphatic heterocycles. The van der Waals surface area contributed by atoms with E-state index >= 15 is 0 Å². The van der Waals surface area contributed by atoms with Crippen LogP contribution in [0.25, 0.3) is 0 Å². The fraction of sp³-hybridized carbons (Fsp3) is 0.382. The molecular formula is C34H32N4O7. The molecule has 5 aliphatic rings. The Morgan fingerprint density at radius 1 is 1.00 bits per heavy atom. The first-order valence-corrected chi connectivity index (χ1v) is 15.0. The highest BCUT2D eigenvalue weighted by Crippen LogP contribution is 2.58. The Kier molecular flexibility index (Phi) is 5.92. The minimum atomic E-state index is -0.706. The Balaban J connectivity index is 1.35. The highest BCUT2D eigenvalue weighted by atomic mass is 16.7. The first-order valence-electron chi connectivity index (χ1n) is 15.0. The van der Waals surface area contributed by atoms with Gasteiger partial charge in [-0.25, -0.2) is 0 Å². The zero-order valence-electron chi connectivity index (χ0n) is 25.3. The maximum atomic E-state index is 13.7. The highest BCUT2D eigenvalue weighted by Gasteiger charge is 2.57. The van der Waals surface area contributed by atoms with Crippen molar-refractivity contribution >= 4 is 11.8 Å². The van der Waals surface area contributed by atoms with Crippen LogP contribution in [0.15, 0.2) is 30.3 Å². The van der Waals surface area contributed by atoms with Crippen LogP contribution in [0, 0.1) is 25.2 Å². The number of amides is 2. The van der Waals surface area contributed by atoms with Gasteiger partial charge in [0.25, 0.3) is 11.8 Å². The monoisotopic (exact) mass is 608 g/mol. The maximum absolute atomic E-state index is 13.7. The van der Waals surface area contributed by atoms with E-state index in [4.69, 9.17) is 14.2 Å². The van der Waals surface area contributed by atoms with Crippen LogP contribution in [0.5, 0.6) is 28.7 Å². The Bertz CT molecular complexity index is 1850. The summed E-state index contributed by atoms with van der Waals surface area (Å²) in [6.07, 6.45) is 0.831. The number of ether oxygens (including phenoxy) is 3. The zero-order valence-corrected chi connectivity index (χ0v) is 25.3. The van der Waals surface area contributed by atoms with Crippen LogP contribution >= 0.6 is 0 Å². The van der Waals surface area contributed by atoms with Crippen molar-refractivity contribution < 1.29 is 34.0 Å². The van der Waals surface area contributed by atoms with E-state index in [9.17, 15) is 25.1 Å². The molecule has 1 fully saturated rings. The van der Waals surface area contributed by atoms with Crippen molar-refractivity contribution in [2.45, 2.75) is 56.9 Å². The van der Waals surface area contributed by atoms with Crippen molar-refractivity contribution in [3.8, 4) is 34.8 Å². The maximum Gasteiger partial charge on any atom is 0.261 e. The molecule has 0 aliphatic carbocycles. The molecule has 3 aromatic rings. The van der Waals surface area contributed by atoms with Crippen molar-refractivity contribution in [1.29, 1.82) is 5.26 Å². The number of piperazine rings is 1. The molecule has 2 amide bonds. The summed E-state index contributed by atoms with van der Waals surface area (Å²) in [5.41, 5.74) is 4.92. The van der Waals surface area contributed by atoms with Gasteiger partial charge in [0, 0.05) is 40.9 Å². The second-order valence-electron chi connectivity index (χ2n) is 12.5. The average Bonchev–Trinajstić information content (AvgIpc) is 3.60. The molecule has 2 bridgehead atoms. The summed E-state index contributed by atoms with van der Waals surface area (Å²) in [5.74, 6) is 0.583. The highest BCUT2D eigenvalue weighted by molar-refractivity contribution is 6.21. The Morgan fingerprint density at radius 2 is 1.69 bits per heavy atom. The van der Waals surface area contributed by atoms with Crippen LogP contribution in [0.4, 0.5) is 0 Å². The van der Waals surface area contributed by atoms with Gasteiger partial charge in [-0.3, -0.25) is 24.3 Å². The number of benzene rings is 3. The number of aryl methyl sites for hydroxylation is 1. The van der Waals surface area contributed by atoms with Gasteiger partial charge in [0.2, 0.25) is 6.79 Å². The van der Waals surface area contributed by atoms with E-state index in [1.165, 1.54) is 12.0 Å². The number of carbonyl (C=O) groups is 2. The standard InChI is InChI=1S/C34H32N4O7/c1-15-9-17-10-21-23(12-35)38-22(27(36(21)3)25(17)29(40)30(15)43-4)11-20-26(32-31(44-14-45-32)16(2)28(20)39)24(38)13-37-33(41)18-7-5-6-8-19(18)34(37)42/h5-9,21-24,27,39-40H,10-11,13-14H2,1-4H3/t21-,22?,23?,24?,27-/m0/s1. The summed E-state index contributed by atoms with van der Waals surface area (Å²) in [7, 11) is 3.49. The molecule has 1 saturated heterocycles. The van der Waals surface area contributed by atoms with E-state index in [0.717, 1.165) is 16.7 Å².